The Morgan fingerprint density at radius 3 is 2.67 bits per heavy atom. The molecule has 0 aliphatic carbocycles. The molecule has 0 saturated carbocycles. The topological polar surface area (TPSA) is 58.2 Å². The average Bonchev–Trinajstić information content (AvgIpc) is 1.80. The number of imide groups is 1. The predicted octanol–water partition coefficient (Wildman–Crippen LogP) is -0.411. The number of hydrogen-bond acceptors (Lipinski definition) is 2. The summed E-state index contributed by atoms with van der Waals surface area (Å²) in [6, 6.07) is -0.421. The van der Waals surface area contributed by atoms with Crippen molar-refractivity contribution in [3.8, 4) is 0 Å². The molecule has 9 heavy (non-hydrogen) atoms. The molecule has 1 saturated heterocycles. The maximum atomic E-state index is 10.6. The summed E-state index contributed by atoms with van der Waals surface area (Å²) in [4.78, 5) is 20.7. The van der Waals surface area contributed by atoms with Crippen molar-refractivity contribution >= 4 is 27.9 Å². The van der Waals surface area contributed by atoms with Gasteiger partial charge in [-0.05, 0) is 0 Å². The van der Waals surface area contributed by atoms with Gasteiger partial charge in [-0.2, -0.15) is 0 Å². The summed E-state index contributed by atoms with van der Waals surface area (Å²) in [5, 5.41) is 4.54. The minimum absolute atomic E-state index is 0.279. The van der Waals surface area contributed by atoms with Crippen LogP contribution in [-0.4, -0.2) is 23.3 Å². The van der Waals surface area contributed by atoms with Gasteiger partial charge in [0.1, 0.15) is 4.83 Å². The van der Waals surface area contributed by atoms with Crippen molar-refractivity contribution in [2.24, 2.45) is 0 Å². The molecular formula is C4H5BrN2O2. The van der Waals surface area contributed by atoms with E-state index >= 15 is 0 Å². The molecule has 1 aliphatic rings. The molecule has 1 aliphatic heterocycles. The molecule has 0 aromatic rings. The fraction of sp³-hybridized carbons (Fsp3) is 0.500. The van der Waals surface area contributed by atoms with Crippen LogP contribution in [0.4, 0.5) is 4.79 Å². The summed E-state index contributed by atoms with van der Waals surface area (Å²) in [5.41, 5.74) is 0. The number of nitrogens with one attached hydrogen (secondary N) is 2. The van der Waals surface area contributed by atoms with Crippen LogP contribution >= 0.6 is 15.9 Å². The van der Waals surface area contributed by atoms with E-state index in [0.29, 0.717) is 6.54 Å². The Balaban J connectivity index is 2.54. The highest BCUT2D eigenvalue weighted by molar-refractivity contribution is 9.10. The smallest absolute Gasteiger partial charge is 0.321 e. The van der Waals surface area contributed by atoms with Crippen LogP contribution in [0.1, 0.15) is 0 Å². The third-order valence-electron chi connectivity index (χ3n) is 0.963. The molecule has 3 amide bonds. The number of urea groups is 1. The van der Waals surface area contributed by atoms with E-state index in [-0.39, 0.29) is 10.7 Å². The first-order chi connectivity index (χ1) is 4.20. The van der Waals surface area contributed by atoms with Gasteiger partial charge in [0, 0.05) is 6.54 Å². The van der Waals surface area contributed by atoms with Crippen LogP contribution < -0.4 is 10.6 Å². The fourth-order valence-electron chi connectivity index (χ4n) is 0.509. The number of halogens is 1. The largest absolute Gasteiger partial charge is 0.336 e. The highest BCUT2D eigenvalue weighted by atomic mass is 79.9. The van der Waals surface area contributed by atoms with Gasteiger partial charge in [0.25, 0.3) is 0 Å². The molecule has 5 heteroatoms. The van der Waals surface area contributed by atoms with E-state index in [1.165, 1.54) is 0 Å². The summed E-state index contributed by atoms with van der Waals surface area (Å²) in [5.74, 6) is -0.279. The van der Waals surface area contributed by atoms with Crippen molar-refractivity contribution in [2.75, 3.05) is 6.54 Å². The lowest BCUT2D eigenvalue weighted by atomic mass is 10.3. The molecule has 1 atom stereocenters. The van der Waals surface area contributed by atoms with Gasteiger partial charge in [0.2, 0.25) is 5.91 Å². The lowest BCUT2D eigenvalue weighted by molar-refractivity contribution is -0.119. The Bertz CT molecular complexity index is 159. The Kier molecular flexibility index (Phi) is 1.70. The second kappa shape index (κ2) is 2.34. The van der Waals surface area contributed by atoms with Crippen LogP contribution in [0.25, 0.3) is 0 Å². The molecule has 4 nitrogen and oxygen atoms in total. The molecular weight excluding hydrogens is 188 g/mol. The van der Waals surface area contributed by atoms with E-state index in [4.69, 9.17) is 0 Å². The van der Waals surface area contributed by atoms with Crippen LogP contribution in [0.2, 0.25) is 0 Å². The quantitative estimate of drug-likeness (QED) is 0.513. The molecule has 0 aromatic carbocycles. The Morgan fingerprint density at radius 1 is 1.56 bits per heavy atom. The van der Waals surface area contributed by atoms with Crippen molar-refractivity contribution in [1.82, 2.24) is 10.6 Å². The van der Waals surface area contributed by atoms with Gasteiger partial charge in [-0.15, -0.1) is 0 Å². The van der Waals surface area contributed by atoms with Crippen LogP contribution in [0.15, 0.2) is 0 Å². The zero-order chi connectivity index (χ0) is 6.85. The lowest BCUT2D eigenvalue weighted by Crippen LogP contribution is -2.52. The highest BCUT2D eigenvalue weighted by Crippen LogP contribution is 2.00. The summed E-state index contributed by atoms with van der Waals surface area (Å²) >= 11 is 3.05. The van der Waals surface area contributed by atoms with Gasteiger partial charge < -0.3 is 5.32 Å². The maximum Gasteiger partial charge on any atom is 0.321 e. The number of rotatable bonds is 0. The standard InChI is InChI=1S/C4H5BrN2O2/c5-2-1-6-4(9)7-3(2)8/h2H,1H2,(H2,6,7,8,9). The highest BCUT2D eigenvalue weighted by Gasteiger charge is 2.22. The third kappa shape index (κ3) is 1.41. The van der Waals surface area contributed by atoms with E-state index in [2.05, 4.69) is 26.6 Å². The number of amides is 3. The van der Waals surface area contributed by atoms with E-state index in [0.717, 1.165) is 0 Å². The molecule has 0 bridgehead atoms. The molecule has 0 radical (unpaired) electrons. The Labute approximate surface area is 60.1 Å². The minimum atomic E-state index is -0.421. The van der Waals surface area contributed by atoms with Crippen molar-refractivity contribution in [3.63, 3.8) is 0 Å². The van der Waals surface area contributed by atoms with Gasteiger partial charge in [-0.1, -0.05) is 15.9 Å². The molecule has 1 rings (SSSR count). The number of hydrogen-bond donors (Lipinski definition) is 2. The van der Waals surface area contributed by atoms with Crippen LogP contribution in [0.5, 0.6) is 0 Å². The summed E-state index contributed by atoms with van der Waals surface area (Å²) in [6.07, 6.45) is 0. The summed E-state index contributed by atoms with van der Waals surface area (Å²) in [6.45, 7) is 0.366. The molecule has 1 heterocycles. The van der Waals surface area contributed by atoms with Gasteiger partial charge in [0.15, 0.2) is 0 Å². The first kappa shape index (κ1) is 6.54. The first-order valence-electron chi connectivity index (χ1n) is 2.43. The molecule has 1 fully saturated rings. The first-order valence-corrected chi connectivity index (χ1v) is 3.34. The normalized spacial score (nSPS) is 27.0. The van der Waals surface area contributed by atoms with E-state index in [1.54, 1.807) is 0 Å². The van der Waals surface area contributed by atoms with Crippen LogP contribution in [-0.2, 0) is 4.79 Å². The van der Waals surface area contributed by atoms with Gasteiger partial charge in [0.05, 0.1) is 0 Å². The van der Waals surface area contributed by atoms with Crippen molar-refractivity contribution in [2.45, 2.75) is 4.83 Å². The average molecular weight is 193 g/mol. The molecule has 1 unspecified atom stereocenters. The van der Waals surface area contributed by atoms with Crippen LogP contribution in [0, 0.1) is 0 Å². The van der Waals surface area contributed by atoms with Gasteiger partial charge >= 0.3 is 6.03 Å². The second-order valence-corrected chi connectivity index (χ2v) is 2.77. The van der Waals surface area contributed by atoms with Crippen molar-refractivity contribution in [1.29, 1.82) is 0 Å². The molecule has 2 N–H and O–H groups in total. The lowest BCUT2D eigenvalue weighted by Gasteiger charge is -2.16. The van der Waals surface area contributed by atoms with E-state index in [9.17, 15) is 9.59 Å². The zero-order valence-electron chi connectivity index (χ0n) is 4.48. The van der Waals surface area contributed by atoms with Gasteiger partial charge in [-0.25, -0.2) is 4.79 Å². The second-order valence-electron chi connectivity index (χ2n) is 1.67. The molecule has 50 valence electrons. The van der Waals surface area contributed by atoms with Crippen LogP contribution in [0.3, 0.4) is 0 Å². The Hall–Kier alpha value is -0.580. The third-order valence-corrected chi connectivity index (χ3v) is 1.70. The number of carbonyl (C=O) groups excluding carboxylic acids is 2. The zero-order valence-corrected chi connectivity index (χ0v) is 6.06. The molecule has 0 spiro atoms. The summed E-state index contributed by atoms with van der Waals surface area (Å²) in [7, 11) is 0. The van der Waals surface area contributed by atoms with E-state index < -0.39 is 6.03 Å². The molecule has 0 aromatic heterocycles. The van der Waals surface area contributed by atoms with E-state index in [1.807, 2.05) is 0 Å². The fourth-order valence-corrected chi connectivity index (χ4v) is 0.786. The van der Waals surface area contributed by atoms with Gasteiger partial charge in [-0.3, -0.25) is 10.1 Å². The van der Waals surface area contributed by atoms with Crippen molar-refractivity contribution < 1.29 is 9.59 Å². The number of carbonyl (C=O) groups is 2. The Morgan fingerprint density at radius 2 is 2.22 bits per heavy atom. The predicted molar refractivity (Wildman–Crippen MR) is 34.3 cm³/mol. The summed E-state index contributed by atoms with van der Waals surface area (Å²) < 4.78 is 0. The van der Waals surface area contributed by atoms with Crippen molar-refractivity contribution in [3.05, 3.63) is 0 Å². The monoisotopic (exact) mass is 192 g/mol. The number of alkyl halides is 1. The minimum Gasteiger partial charge on any atom is -0.336 e. The maximum absolute atomic E-state index is 10.6. The SMILES string of the molecule is O=C1NCC(Br)C(=O)N1.